The topological polar surface area (TPSA) is 67.3 Å². The van der Waals surface area contributed by atoms with E-state index in [4.69, 9.17) is 21.3 Å². The summed E-state index contributed by atoms with van der Waals surface area (Å²) in [7, 11) is 0. The number of hydrogen-bond donors (Lipinski definition) is 1. The molecular formula is C27H29ClN4O2. The first-order chi connectivity index (χ1) is 16.5. The summed E-state index contributed by atoms with van der Waals surface area (Å²) in [6, 6.07) is 13.8. The number of aryl methyl sites for hydroxylation is 1. The van der Waals surface area contributed by atoms with E-state index in [1.807, 2.05) is 55.6 Å². The van der Waals surface area contributed by atoms with Gasteiger partial charge in [0.1, 0.15) is 5.82 Å². The Morgan fingerprint density at radius 3 is 2.76 bits per heavy atom. The predicted molar refractivity (Wildman–Crippen MR) is 139 cm³/mol. The minimum atomic E-state index is -0.350. The van der Waals surface area contributed by atoms with Gasteiger partial charge in [-0.1, -0.05) is 35.9 Å². The Morgan fingerprint density at radius 1 is 1.18 bits per heavy atom. The highest BCUT2D eigenvalue weighted by Gasteiger charge is 2.19. The van der Waals surface area contributed by atoms with Gasteiger partial charge in [0.25, 0.3) is 0 Å². The van der Waals surface area contributed by atoms with Gasteiger partial charge in [0, 0.05) is 41.6 Å². The van der Waals surface area contributed by atoms with Crippen LogP contribution in [0.15, 0.2) is 54.7 Å². The molecule has 1 N–H and O–H groups in total. The number of aromatic nitrogens is 2. The molecule has 7 heteroatoms. The molecule has 0 bridgehead atoms. The van der Waals surface area contributed by atoms with Crippen LogP contribution in [0.1, 0.15) is 37.3 Å². The molecule has 176 valence electrons. The van der Waals surface area contributed by atoms with Gasteiger partial charge >= 0.3 is 5.97 Å². The molecule has 1 aromatic heterocycles. The van der Waals surface area contributed by atoms with Crippen LogP contribution in [-0.2, 0) is 9.53 Å². The number of nitrogens with zero attached hydrogens (tertiary/aromatic N) is 3. The van der Waals surface area contributed by atoms with Gasteiger partial charge in [-0.2, -0.15) is 4.98 Å². The summed E-state index contributed by atoms with van der Waals surface area (Å²) in [5.41, 5.74) is 4.73. The summed E-state index contributed by atoms with van der Waals surface area (Å²) in [6.45, 7) is 6.04. The van der Waals surface area contributed by atoms with Gasteiger partial charge in [0.05, 0.1) is 6.61 Å². The Labute approximate surface area is 205 Å². The zero-order valence-electron chi connectivity index (χ0n) is 19.6. The maximum Gasteiger partial charge on any atom is 0.330 e. The molecule has 1 saturated heterocycles. The van der Waals surface area contributed by atoms with Crippen LogP contribution >= 0.6 is 11.6 Å². The van der Waals surface area contributed by atoms with E-state index in [0.717, 1.165) is 59.7 Å². The zero-order chi connectivity index (χ0) is 23.9. The van der Waals surface area contributed by atoms with Crippen LogP contribution < -0.4 is 10.2 Å². The average Bonchev–Trinajstić information content (AvgIpc) is 2.86. The van der Waals surface area contributed by atoms with Crippen molar-refractivity contribution in [3.8, 4) is 11.1 Å². The van der Waals surface area contributed by atoms with Gasteiger partial charge in [-0.05, 0) is 74.1 Å². The first kappa shape index (κ1) is 23.8. The summed E-state index contributed by atoms with van der Waals surface area (Å²) in [4.78, 5) is 23.6. The van der Waals surface area contributed by atoms with E-state index in [0.29, 0.717) is 17.6 Å². The highest BCUT2D eigenvalue weighted by Crippen LogP contribution is 2.33. The highest BCUT2D eigenvalue weighted by atomic mass is 35.5. The molecule has 2 aromatic carbocycles. The van der Waals surface area contributed by atoms with Crippen LogP contribution in [0.3, 0.4) is 0 Å². The summed E-state index contributed by atoms with van der Waals surface area (Å²) in [6.07, 6.45) is 8.59. The molecule has 1 fully saturated rings. The molecule has 0 amide bonds. The number of esters is 1. The maximum absolute atomic E-state index is 11.7. The quantitative estimate of drug-likeness (QED) is 0.313. The smallest absolute Gasteiger partial charge is 0.330 e. The first-order valence-electron chi connectivity index (χ1n) is 11.6. The second-order valence-corrected chi connectivity index (χ2v) is 8.69. The fourth-order valence-corrected chi connectivity index (χ4v) is 4.13. The van der Waals surface area contributed by atoms with Crippen molar-refractivity contribution >= 4 is 41.1 Å². The summed E-state index contributed by atoms with van der Waals surface area (Å²) < 4.78 is 4.99. The van der Waals surface area contributed by atoms with Crippen molar-refractivity contribution in [3.05, 3.63) is 70.9 Å². The SMILES string of the molecule is CCOC(=O)C=Cc1cccc(-c2cnc(Nc3ccc(C)c(Cl)c3)nc2N2CCCCC2)c1. The molecule has 6 nitrogen and oxygen atoms in total. The summed E-state index contributed by atoms with van der Waals surface area (Å²) in [5.74, 6) is 1.08. The normalized spacial score (nSPS) is 13.8. The lowest BCUT2D eigenvalue weighted by atomic mass is 10.0. The van der Waals surface area contributed by atoms with E-state index < -0.39 is 0 Å². The molecule has 34 heavy (non-hydrogen) atoms. The lowest BCUT2D eigenvalue weighted by Crippen LogP contribution is -2.31. The third-order valence-corrected chi connectivity index (χ3v) is 6.16. The van der Waals surface area contributed by atoms with Crippen LogP contribution in [0.25, 0.3) is 17.2 Å². The fraction of sp³-hybridized carbons (Fsp3) is 0.296. The molecule has 0 saturated carbocycles. The Kier molecular flexibility index (Phi) is 7.80. The molecule has 3 aromatic rings. The molecule has 1 aliphatic heterocycles. The molecule has 2 heterocycles. The number of benzene rings is 2. The number of carbonyl (C=O) groups is 1. The van der Waals surface area contributed by atoms with Crippen molar-refractivity contribution in [1.82, 2.24) is 9.97 Å². The number of carbonyl (C=O) groups excluding carboxylic acids is 1. The van der Waals surface area contributed by atoms with E-state index >= 15 is 0 Å². The third-order valence-electron chi connectivity index (χ3n) is 5.75. The monoisotopic (exact) mass is 476 g/mol. The van der Waals surface area contributed by atoms with E-state index in [1.165, 1.54) is 12.5 Å². The van der Waals surface area contributed by atoms with E-state index in [9.17, 15) is 4.79 Å². The molecule has 0 spiro atoms. The molecule has 0 radical (unpaired) electrons. The van der Waals surface area contributed by atoms with Crippen molar-refractivity contribution in [1.29, 1.82) is 0 Å². The number of halogens is 1. The number of piperidine rings is 1. The summed E-state index contributed by atoms with van der Waals surface area (Å²) >= 11 is 6.29. The Bertz CT molecular complexity index is 1190. The maximum atomic E-state index is 11.7. The highest BCUT2D eigenvalue weighted by molar-refractivity contribution is 6.31. The van der Waals surface area contributed by atoms with Crippen molar-refractivity contribution in [2.45, 2.75) is 33.1 Å². The van der Waals surface area contributed by atoms with Gasteiger partial charge in [0.15, 0.2) is 0 Å². The van der Waals surface area contributed by atoms with Crippen molar-refractivity contribution in [3.63, 3.8) is 0 Å². The lowest BCUT2D eigenvalue weighted by Gasteiger charge is -2.29. The fourth-order valence-electron chi connectivity index (χ4n) is 3.95. The zero-order valence-corrected chi connectivity index (χ0v) is 20.3. The van der Waals surface area contributed by atoms with E-state index in [-0.39, 0.29) is 5.97 Å². The molecule has 0 unspecified atom stereocenters. The van der Waals surface area contributed by atoms with Crippen LogP contribution in [0.2, 0.25) is 5.02 Å². The van der Waals surface area contributed by atoms with Gasteiger partial charge in [-0.15, -0.1) is 0 Å². The third kappa shape index (κ3) is 5.94. The Hall–Kier alpha value is -3.38. The average molecular weight is 477 g/mol. The van der Waals surface area contributed by atoms with Crippen molar-refractivity contribution in [2.75, 3.05) is 29.9 Å². The minimum Gasteiger partial charge on any atom is -0.463 e. The number of anilines is 3. The summed E-state index contributed by atoms with van der Waals surface area (Å²) in [5, 5.41) is 3.99. The van der Waals surface area contributed by atoms with E-state index in [2.05, 4.69) is 15.2 Å². The van der Waals surface area contributed by atoms with Crippen LogP contribution in [-0.4, -0.2) is 35.6 Å². The molecule has 4 rings (SSSR count). The molecule has 0 atom stereocenters. The number of ether oxygens (including phenoxy) is 1. The molecular weight excluding hydrogens is 448 g/mol. The number of rotatable bonds is 7. The number of hydrogen-bond acceptors (Lipinski definition) is 6. The van der Waals surface area contributed by atoms with Gasteiger partial charge in [-0.3, -0.25) is 0 Å². The first-order valence-corrected chi connectivity index (χ1v) is 12.0. The van der Waals surface area contributed by atoms with Crippen LogP contribution in [0.5, 0.6) is 0 Å². The second kappa shape index (κ2) is 11.2. The van der Waals surface area contributed by atoms with Gasteiger partial charge in [0.2, 0.25) is 5.95 Å². The molecule has 0 aliphatic carbocycles. The minimum absolute atomic E-state index is 0.350. The Balaban J connectivity index is 1.67. The molecule has 1 aliphatic rings. The Morgan fingerprint density at radius 2 is 2.00 bits per heavy atom. The standard InChI is InChI=1S/C27H29ClN4O2/c1-3-34-25(33)13-11-20-8-7-9-21(16-20)23-18-29-27(30-22-12-10-19(2)24(28)17-22)31-26(23)32-14-5-4-6-15-32/h7-13,16-18H,3-6,14-15H2,1-2H3,(H,29,30,31). The number of nitrogens with one attached hydrogen (secondary N) is 1. The van der Waals surface area contributed by atoms with Crippen molar-refractivity contribution < 1.29 is 9.53 Å². The van der Waals surface area contributed by atoms with Gasteiger partial charge in [-0.25, -0.2) is 9.78 Å². The van der Waals surface area contributed by atoms with E-state index in [1.54, 1.807) is 13.0 Å². The lowest BCUT2D eigenvalue weighted by molar-refractivity contribution is -0.137. The second-order valence-electron chi connectivity index (χ2n) is 8.28. The van der Waals surface area contributed by atoms with Crippen LogP contribution in [0, 0.1) is 6.92 Å². The van der Waals surface area contributed by atoms with Crippen molar-refractivity contribution in [2.24, 2.45) is 0 Å². The van der Waals surface area contributed by atoms with Gasteiger partial charge < -0.3 is 15.0 Å². The predicted octanol–water partition coefficient (Wildman–Crippen LogP) is 6.42. The largest absolute Gasteiger partial charge is 0.463 e. The van der Waals surface area contributed by atoms with Crippen LogP contribution in [0.4, 0.5) is 17.5 Å².